The molecule has 0 amide bonds. The maximum Gasteiger partial charge on any atom is 0.138 e. The molecule has 10 aromatic carbocycles. The van der Waals surface area contributed by atoms with E-state index >= 15 is 0 Å². The van der Waals surface area contributed by atoms with Gasteiger partial charge in [0, 0.05) is 27.6 Å². The van der Waals surface area contributed by atoms with Gasteiger partial charge in [0.05, 0.1) is 16.8 Å². The lowest BCUT2D eigenvalue weighted by atomic mass is 9.84. The molecule has 12 rings (SSSR count). The molecule has 0 saturated heterocycles. The first kappa shape index (κ1) is 32.6. The average Bonchev–Trinajstić information content (AvgIpc) is 3.68. The van der Waals surface area contributed by atoms with Crippen LogP contribution in [0.5, 0.6) is 0 Å². The Morgan fingerprint density at radius 2 is 0.931 bits per heavy atom. The van der Waals surface area contributed by atoms with Gasteiger partial charge in [0.1, 0.15) is 11.2 Å². The summed E-state index contributed by atoms with van der Waals surface area (Å²) in [7, 11) is 0. The Kier molecular flexibility index (Phi) is 7.26. The Labute approximate surface area is 336 Å². The summed E-state index contributed by atoms with van der Waals surface area (Å²) in [6, 6.07) is 76.9. The van der Waals surface area contributed by atoms with E-state index in [-0.39, 0.29) is 0 Å². The van der Waals surface area contributed by atoms with Crippen LogP contribution in [0.15, 0.2) is 217 Å². The summed E-state index contributed by atoms with van der Waals surface area (Å²) in [5, 5.41) is 7.17. The largest absolute Gasteiger partial charge is 0.456 e. The molecular formula is C56H35NO. The minimum Gasteiger partial charge on any atom is -0.456 e. The third-order valence-corrected chi connectivity index (χ3v) is 12.0. The van der Waals surface area contributed by atoms with E-state index < -0.39 is 0 Å². The van der Waals surface area contributed by atoms with Crippen molar-refractivity contribution in [3.8, 4) is 55.6 Å². The van der Waals surface area contributed by atoms with Crippen molar-refractivity contribution in [3.05, 3.63) is 212 Å². The predicted molar refractivity (Wildman–Crippen MR) is 244 cm³/mol. The van der Waals surface area contributed by atoms with Gasteiger partial charge in [0.25, 0.3) is 0 Å². The third kappa shape index (κ3) is 5.12. The Morgan fingerprint density at radius 3 is 1.76 bits per heavy atom. The number of nitrogens with zero attached hydrogens (tertiary/aromatic N) is 1. The lowest BCUT2D eigenvalue weighted by molar-refractivity contribution is 0.669. The smallest absolute Gasteiger partial charge is 0.138 e. The first-order valence-electron chi connectivity index (χ1n) is 19.9. The van der Waals surface area contributed by atoms with E-state index in [9.17, 15) is 0 Å². The molecule has 0 N–H and O–H groups in total. The van der Waals surface area contributed by atoms with Gasteiger partial charge in [-0.2, -0.15) is 0 Å². The van der Waals surface area contributed by atoms with Crippen molar-refractivity contribution >= 4 is 60.5 Å². The molecule has 0 aliphatic carbocycles. The van der Waals surface area contributed by atoms with Crippen molar-refractivity contribution in [2.45, 2.75) is 0 Å². The fourth-order valence-corrected chi connectivity index (χ4v) is 9.21. The molecule has 0 bridgehead atoms. The topological polar surface area (TPSA) is 16.4 Å². The first-order chi connectivity index (χ1) is 28.7. The molecule has 0 spiro atoms. The monoisotopic (exact) mass is 737 g/mol. The van der Waals surface area contributed by atoms with E-state index in [0.29, 0.717) is 0 Å². The Hall–Kier alpha value is -7.68. The van der Waals surface area contributed by atoms with E-state index in [1.165, 1.54) is 71.8 Å². The van der Waals surface area contributed by atoms with Crippen molar-refractivity contribution in [2.24, 2.45) is 0 Å². The Morgan fingerprint density at radius 1 is 0.328 bits per heavy atom. The number of hydrogen-bond acceptors (Lipinski definition) is 2. The van der Waals surface area contributed by atoms with Crippen LogP contribution in [-0.2, 0) is 0 Å². The van der Waals surface area contributed by atoms with Gasteiger partial charge in [-0.05, 0) is 103 Å². The quantitative estimate of drug-likeness (QED) is 0.175. The summed E-state index contributed by atoms with van der Waals surface area (Å²) in [5.74, 6) is 0. The average molecular weight is 738 g/mol. The lowest BCUT2D eigenvalue weighted by Gasteiger charge is -2.35. The summed E-state index contributed by atoms with van der Waals surface area (Å²) in [4.78, 5) is 2.46. The number of furan rings is 1. The van der Waals surface area contributed by atoms with Crippen LogP contribution in [0.25, 0.3) is 99.1 Å². The van der Waals surface area contributed by atoms with Crippen molar-refractivity contribution in [2.75, 3.05) is 4.90 Å². The molecule has 1 aliphatic heterocycles. The number of para-hydroxylation sites is 2. The molecule has 58 heavy (non-hydrogen) atoms. The van der Waals surface area contributed by atoms with Crippen LogP contribution in [0.2, 0.25) is 0 Å². The number of hydrogen-bond donors (Lipinski definition) is 0. The van der Waals surface area contributed by atoms with Gasteiger partial charge < -0.3 is 9.32 Å². The highest BCUT2D eigenvalue weighted by molar-refractivity contribution is 6.28. The second-order valence-electron chi connectivity index (χ2n) is 15.3. The molecule has 0 atom stereocenters. The number of fused-ring (bicyclic) bond motifs is 7. The van der Waals surface area contributed by atoms with Crippen LogP contribution in [-0.4, -0.2) is 0 Å². The summed E-state index contributed by atoms with van der Waals surface area (Å²) in [5.41, 5.74) is 17.3. The second-order valence-corrected chi connectivity index (χ2v) is 15.3. The Balaban J connectivity index is 0.961. The van der Waals surface area contributed by atoms with Crippen molar-refractivity contribution < 1.29 is 4.42 Å². The van der Waals surface area contributed by atoms with Crippen LogP contribution in [0.1, 0.15) is 0 Å². The molecule has 270 valence electrons. The molecule has 2 nitrogen and oxygen atoms in total. The summed E-state index contributed by atoms with van der Waals surface area (Å²) in [6.45, 7) is 0. The maximum atomic E-state index is 6.59. The van der Waals surface area contributed by atoms with Crippen LogP contribution in [0, 0.1) is 0 Å². The fraction of sp³-hybridized carbons (Fsp3) is 0. The number of anilines is 3. The van der Waals surface area contributed by atoms with Crippen LogP contribution in [0.3, 0.4) is 0 Å². The van der Waals surface area contributed by atoms with Gasteiger partial charge in [-0.3, -0.25) is 0 Å². The zero-order valence-electron chi connectivity index (χ0n) is 31.6. The maximum absolute atomic E-state index is 6.59. The van der Waals surface area contributed by atoms with Crippen LogP contribution >= 0.6 is 0 Å². The second kappa shape index (κ2) is 12.9. The summed E-state index contributed by atoms with van der Waals surface area (Å²) < 4.78 is 6.59. The lowest BCUT2D eigenvalue weighted by Crippen LogP contribution is -2.15. The molecule has 0 saturated carbocycles. The normalized spacial score (nSPS) is 12.1. The molecule has 2 heteroatoms. The predicted octanol–water partition coefficient (Wildman–Crippen LogP) is 16.0. The number of benzene rings is 10. The molecule has 0 unspecified atom stereocenters. The third-order valence-electron chi connectivity index (χ3n) is 12.0. The van der Waals surface area contributed by atoms with Gasteiger partial charge in [0.15, 0.2) is 0 Å². The minimum absolute atomic E-state index is 0.894. The molecule has 2 heterocycles. The molecule has 1 aliphatic rings. The standard InChI is InChI=1S/C56H35NO/c1-2-12-40(13-3-1)47-32-29-45-35-52-55(49-18-7-9-20-51(49)58-52)56-53(45)54(47)48-17-6-8-19-50(48)57(56)46-30-27-38(28-31-46)37-21-23-39(24-22-37)42-15-10-16-43(33-42)44-26-25-36-11-4-5-14-41(36)34-44/h1-35H. The van der Waals surface area contributed by atoms with E-state index in [4.69, 9.17) is 4.42 Å². The Bertz CT molecular complexity index is 3380. The zero-order chi connectivity index (χ0) is 38.2. The molecular weight excluding hydrogens is 703 g/mol. The van der Waals surface area contributed by atoms with E-state index in [1.54, 1.807) is 0 Å². The van der Waals surface area contributed by atoms with Gasteiger partial charge in [-0.25, -0.2) is 0 Å². The number of rotatable bonds is 5. The van der Waals surface area contributed by atoms with Crippen molar-refractivity contribution in [3.63, 3.8) is 0 Å². The van der Waals surface area contributed by atoms with Gasteiger partial charge >= 0.3 is 0 Å². The SMILES string of the molecule is c1ccc(-c2ccc3cc4oc5ccccc5c4c4c3c2-c2ccccc2N4c2ccc(-c3ccc(-c4cccc(-c5ccc6ccccc6c5)c4)cc3)cc2)cc1. The van der Waals surface area contributed by atoms with Crippen LogP contribution in [0.4, 0.5) is 17.1 Å². The van der Waals surface area contributed by atoms with Crippen molar-refractivity contribution in [1.82, 2.24) is 0 Å². The molecule has 0 fully saturated rings. The minimum atomic E-state index is 0.894. The first-order valence-corrected chi connectivity index (χ1v) is 19.9. The molecule has 0 radical (unpaired) electrons. The molecule has 1 aromatic heterocycles. The van der Waals surface area contributed by atoms with E-state index in [2.05, 4.69) is 217 Å². The van der Waals surface area contributed by atoms with Gasteiger partial charge in [-0.15, -0.1) is 0 Å². The fourth-order valence-electron chi connectivity index (χ4n) is 9.21. The zero-order valence-corrected chi connectivity index (χ0v) is 31.6. The molecule has 11 aromatic rings. The summed E-state index contributed by atoms with van der Waals surface area (Å²) >= 11 is 0. The van der Waals surface area contributed by atoms with Gasteiger partial charge in [-0.1, -0.05) is 170 Å². The van der Waals surface area contributed by atoms with E-state index in [1.807, 2.05) is 0 Å². The van der Waals surface area contributed by atoms with Crippen molar-refractivity contribution in [1.29, 1.82) is 0 Å². The van der Waals surface area contributed by atoms with E-state index in [0.717, 1.165) is 44.4 Å². The van der Waals surface area contributed by atoms with Crippen LogP contribution < -0.4 is 4.90 Å². The van der Waals surface area contributed by atoms with Gasteiger partial charge in [0.2, 0.25) is 0 Å². The summed E-state index contributed by atoms with van der Waals surface area (Å²) in [6.07, 6.45) is 0. The highest BCUT2D eigenvalue weighted by Gasteiger charge is 2.31. The highest BCUT2D eigenvalue weighted by atomic mass is 16.3. The highest BCUT2D eigenvalue weighted by Crippen LogP contribution is 2.57.